The molecule has 7 nitrogen and oxygen atoms in total. The second kappa shape index (κ2) is 7.58. The third-order valence-corrected chi connectivity index (χ3v) is 5.60. The molecule has 1 aliphatic carbocycles. The molecule has 5 N–H and O–H groups in total. The van der Waals surface area contributed by atoms with Crippen molar-refractivity contribution in [2.75, 3.05) is 10.2 Å². The average Bonchev–Trinajstić information content (AvgIpc) is 2.68. The molecule has 2 aromatic carbocycles. The molecule has 150 valence electrons. The van der Waals surface area contributed by atoms with Crippen LogP contribution < -0.4 is 21.7 Å². The molecule has 29 heavy (non-hydrogen) atoms. The van der Waals surface area contributed by atoms with Crippen molar-refractivity contribution in [2.24, 2.45) is 21.5 Å². The molecule has 2 aliphatic rings. The Morgan fingerprint density at radius 3 is 2.59 bits per heavy atom. The fourth-order valence-electron chi connectivity index (χ4n) is 4.24. The average molecular weight is 390 g/mol. The summed E-state index contributed by atoms with van der Waals surface area (Å²) in [4.78, 5) is 23.6. The van der Waals surface area contributed by atoms with E-state index in [2.05, 4.69) is 10.3 Å². The maximum absolute atomic E-state index is 12.7. The number of aliphatic imine (C=N–C) groups is 2. The fourth-order valence-corrected chi connectivity index (χ4v) is 4.24. The number of carbonyl (C=O) groups is 1. The van der Waals surface area contributed by atoms with Crippen molar-refractivity contribution in [3.63, 3.8) is 0 Å². The highest BCUT2D eigenvalue weighted by molar-refractivity contribution is 6.07. The van der Waals surface area contributed by atoms with Crippen molar-refractivity contribution >= 4 is 29.2 Å². The summed E-state index contributed by atoms with van der Waals surface area (Å²) in [6.07, 6.45) is 5.02. The normalized spacial score (nSPS) is 18.2. The SMILES string of the molecule is Cc1ccccc1C(=O)Nc1cccc(N2C(N)=NC(N)=NC23CCCCC3)c1. The number of amides is 1. The van der Waals surface area contributed by atoms with Crippen molar-refractivity contribution in [3.8, 4) is 0 Å². The van der Waals surface area contributed by atoms with Crippen LogP contribution in [0.25, 0.3) is 0 Å². The quantitative estimate of drug-likeness (QED) is 0.746. The Morgan fingerprint density at radius 1 is 1.07 bits per heavy atom. The van der Waals surface area contributed by atoms with E-state index in [1.54, 1.807) is 0 Å². The highest BCUT2D eigenvalue weighted by atomic mass is 16.1. The minimum absolute atomic E-state index is 0.143. The zero-order valence-electron chi connectivity index (χ0n) is 16.6. The lowest BCUT2D eigenvalue weighted by molar-refractivity contribution is 0.102. The molecule has 1 fully saturated rings. The number of rotatable bonds is 3. The van der Waals surface area contributed by atoms with Crippen LogP contribution in [-0.4, -0.2) is 23.5 Å². The van der Waals surface area contributed by atoms with Crippen molar-refractivity contribution in [1.29, 1.82) is 0 Å². The molecule has 2 aromatic rings. The number of nitrogens with zero attached hydrogens (tertiary/aromatic N) is 3. The van der Waals surface area contributed by atoms with E-state index in [0.717, 1.165) is 36.9 Å². The van der Waals surface area contributed by atoms with Crippen LogP contribution in [0, 0.1) is 6.92 Å². The predicted molar refractivity (Wildman–Crippen MR) is 117 cm³/mol. The van der Waals surface area contributed by atoms with Crippen LogP contribution in [0.5, 0.6) is 0 Å². The largest absolute Gasteiger partial charge is 0.369 e. The Bertz CT molecular complexity index is 990. The molecule has 1 aliphatic heterocycles. The first-order chi connectivity index (χ1) is 14.0. The van der Waals surface area contributed by atoms with Gasteiger partial charge in [-0.2, -0.15) is 4.99 Å². The van der Waals surface area contributed by atoms with E-state index < -0.39 is 5.66 Å². The van der Waals surface area contributed by atoms with E-state index in [1.165, 1.54) is 6.42 Å². The van der Waals surface area contributed by atoms with Gasteiger partial charge in [0, 0.05) is 16.9 Å². The van der Waals surface area contributed by atoms with Gasteiger partial charge in [0.15, 0.2) is 0 Å². The number of guanidine groups is 2. The molecular formula is C22H26N6O. The van der Waals surface area contributed by atoms with E-state index in [1.807, 2.05) is 60.4 Å². The fraction of sp³-hybridized carbons (Fsp3) is 0.318. The summed E-state index contributed by atoms with van der Waals surface area (Å²) in [5.74, 6) is 0.418. The summed E-state index contributed by atoms with van der Waals surface area (Å²) >= 11 is 0. The van der Waals surface area contributed by atoms with Crippen LogP contribution in [0.1, 0.15) is 48.0 Å². The van der Waals surface area contributed by atoms with Gasteiger partial charge in [-0.15, -0.1) is 0 Å². The number of nitrogens with two attached hydrogens (primary N) is 2. The number of benzene rings is 2. The highest BCUT2D eigenvalue weighted by Crippen LogP contribution is 2.39. The monoisotopic (exact) mass is 390 g/mol. The number of anilines is 2. The van der Waals surface area contributed by atoms with Gasteiger partial charge in [-0.3, -0.25) is 9.69 Å². The number of nitrogens with one attached hydrogen (secondary N) is 1. The lowest BCUT2D eigenvalue weighted by Crippen LogP contribution is -2.58. The molecule has 0 unspecified atom stereocenters. The highest BCUT2D eigenvalue weighted by Gasteiger charge is 2.42. The molecular weight excluding hydrogens is 364 g/mol. The summed E-state index contributed by atoms with van der Waals surface area (Å²) in [7, 11) is 0. The van der Waals surface area contributed by atoms with Gasteiger partial charge in [0.2, 0.25) is 11.9 Å². The molecule has 4 rings (SSSR count). The maximum Gasteiger partial charge on any atom is 0.255 e. The molecule has 0 saturated heterocycles. The van der Waals surface area contributed by atoms with Crippen molar-refractivity contribution in [3.05, 3.63) is 59.7 Å². The molecule has 1 amide bonds. The third kappa shape index (κ3) is 3.68. The van der Waals surface area contributed by atoms with Gasteiger partial charge >= 0.3 is 0 Å². The van der Waals surface area contributed by atoms with Gasteiger partial charge in [0.05, 0.1) is 0 Å². The third-order valence-electron chi connectivity index (χ3n) is 5.60. The van der Waals surface area contributed by atoms with E-state index in [0.29, 0.717) is 17.2 Å². The molecule has 0 bridgehead atoms. The molecule has 1 heterocycles. The Morgan fingerprint density at radius 2 is 1.83 bits per heavy atom. The topological polar surface area (TPSA) is 109 Å². The lowest BCUT2D eigenvalue weighted by Gasteiger charge is -2.45. The van der Waals surface area contributed by atoms with Crippen LogP contribution in [0.3, 0.4) is 0 Å². The van der Waals surface area contributed by atoms with Crippen LogP contribution >= 0.6 is 0 Å². The smallest absolute Gasteiger partial charge is 0.255 e. The summed E-state index contributed by atoms with van der Waals surface area (Å²) in [5, 5.41) is 2.99. The molecule has 1 spiro atoms. The maximum atomic E-state index is 12.7. The Kier molecular flexibility index (Phi) is 4.96. The van der Waals surface area contributed by atoms with Crippen molar-refractivity contribution < 1.29 is 4.79 Å². The second-order valence-electron chi connectivity index (χ2n) is 7.64. The lowest BCUT2D eigenvalue weighted by atomic mass is 9.87. The zero-order valence-corrected chi connectivity index (χ0v) is 16.6. The van der Waals surface area contributed by atoms with E-state index >= 15 is 0 Å². The summed E-state index contributed by atoms with van der Waals surface area (Å²) in [6.45, 7) is 1.92. The predicted octanol–water partition coefficient (Wildman–Crippen LogP) is 3.36. The minimum Gasteiger partial charge on any atom is -0.369 e. The molecule has 0 atom stereocenters. The van der Waals surface area contributed by atoms with E-state index in [9.17, 15) is 4.79 Å². The number of aryl methyl sites for hydroxylation is 1. The van der Waals surface area contributed by atoms with Gasteiger partial charge in [-0.25, -0.2) is 4.99 Å². The first kappa shape index (κ1) is 19.0. The van der Waals surface area contributed by atoms with Gasteiger partial charge in [-0.05, 0) is 62.4 Å². The molecule has 0 aromatic heterocycles. The first-order valence-corrected chi connectivity index (χ1v) is 9.95. The van der Waals surface area contributed by atoms with E-state index in [-0.39, 0.29) is 11.9 Å². The number of carbonyl (C=O) groups excluding carboxylic acids is 1. The van der Waals surface area contributed by atoms with Crippen LogP contribution in [0.15, 0.2) is 58.5 Å². The number of hydrogen-bond donors (Lipinski definition) is 3. The van der Waals surface area contributed by atoms with Crippen molar-refractivity contribution in [2.45, 2.75) is 44.7 Å². The Balaban J connectivity index is 1.65. The van der Waals surface area contributed by atoms with Gasteiger partial charge < -0.3 is 16.8 Å². The Labute approximate surface area is 170 Å². The zero-order chi connectivity index (χ0) is 20.4. The summed E-state index contributed by atoms with van der Waals surface area (Å²) < 4.78 is 0. The Hall–Kier alpha value is -3.35. The molecule has 0 radical (unpaired) electrons. The van der Waals surface area contributed by atoms with Crippen molar-refractivity contribution in [1.82, 2.24) is 0 Å². The summed E-state index contributed by atoms with van der Waals surface area (Å²) in [6, 6.07) is 15.1. The first-order valence-electron chi connectivity index (χ1n) is 9.95. The summed E-state index contributed by atoms with van der Waals surface area (Å²) in [5.41, 5.74) is 14.8. The van der Waals surface area contributed by atoms with Gasteiger partial charge in [-0.1, -0.05) is 30.7 Å². The number of hydrogen-bond acceptors (Lipinski definition) is 6. The van der Waals surface area contributed by atoms with Crippen LogP contribution in [0.2, 0.25) is 0 Å². The van der Waals surface area contributed by atoms with Gasteiger partial charge in [0.1, 0.15) is 5.66 Å². The van der Waals surface area contributed by atoms with Crippen LogP contribution in [-0.2, 0) is 0 Å². The molecule has 7 heteroatoms. The minimum atomic E-state index is -0.507. The standard InChI is InChI=1S/C22H26N6O/c1-15-8-3-4-11-18(15)19(29)25-16-9-7-10-17(14-16)28-21(24)26-20(23)27-22(28)12-5-2-6-13-22/h3-4,7-11,14H,2,5-6,12-13H2,1H3,(H,25,29)(H4,23,24,26,27). The van der Waals surface area contributed by atoms with E-state index in [4.69, 9.17) is 16.5 Å². The second-order valence-corrected chi connectivity index (χ2v) is 7.64. The van der Waals surface area contributed by atoms with Crippen LogP contribution in [0.4, 0.5) is 11.4 Å². The van der Waals surface area contributed by atoms with Gasteiger partial charge in [0.25, 0.3) is 5.91 Å². The molecule has 1 saturated carbocycles.